The van der Waals surface area contributed by atoms with Crippen LogP contribution in [0.1, 0.15) is 30.5 Å². The van der Waals surface area contributed by atoms with Crippen molar-refractivity contribution in [2.75, 3.05) is 12.3 Å². The summed E-state index contributed by atoms with van der Waals surface area (Å²) in [5.74, 6) is 0.109. The predicted octanol–water partition coefficient (Wildman–Crippen LogP) is 5.62. The highest BCUT2D eigenvalue weighted by molar-refractivity contribution is 6.13. The van der Waals surface area contributed by atoms with Gasteiger partial charge < -0.3 is 15.8 Å². The largest absolute Gasteiger partial charge is 0.494 e. The molecule has 4 N–H and O–H groups in total. The molecule has 4 rings (SSSR count). The molecule has 1 aromatic heterocycles. The number of aromatic amines is 1. The lowest BCUT2D eigenvalue weighted by molar-refractivity contribution is 0.271. The number of hydrogen-bond donors (Lipinski definition) is 3. The second-order valence-electron chi connectivity index (χ2n) is 7.81. The van der Waals surface area contributed by atoms with Gasteiger partial charge in [-0.2, -0.15) is 0 Å². The van der Waals surface area contributed by atoms with Crippen LogP contribution < -0.4 is 5.73 Å². The molecule has 5 nitrogen and oxygen atoms in total. The van der Waals surface area contributed by atoms with Gasteiger partial charge in [-0.1, -0.05) is 49.4 Å². The number of benzene rings is 3. The molecule has 0 spiro atoms. The molecular weight excluding hydrogens is 384 g/mol. The van der Waals surface area contributed by atoms with Gasteiger partial charge in [0.25, 0.3) is 0 Å². The van der Waals surface area contributed by atoms with Crippen molar-refractivity contribution in [1.82, 2.24) is 9.88 Å². The van der Waals surface area contributed by atoms with Crippen LogP contribution in [0.3, 0.4) is 0 Å². The first-order valence-electron chi connectivity index (χ1n) is 10.5. The average molecular weight is 413 g/mol. The van der Waals surface area contributed by atoms with Crippen molar-refractivity contribution in [3.8, 4) is 5.88 Å². The molecule has 158 valence electrons. The summed E-state index contributed by atoms with van der Waals surface area (Å²) in [7, 11) is 0. The molecule has 0 saturated carbocycles. The average Bonchev–Trinajstić information content (AvgIpc) is 3.10. The van der Waals surface area contributed by atoms with Crippen molar-refractivity contribution in [3.05, 3.63) is 89.5 Å². The van der Waals surface area contributed by atoms with Crippen LogP contribution in [0.25, 0.3) is 10.9 Å². The topological polar surface area (TPSA) is 77.6 Å². The van der Waals surface area contributed by atoms with E-state index in [2.05, 4.69) is 53.2 Å². The molecule has 0 aliphatic carbocycles. The molecule has 0 unspecified atom stereocenters. The van der Waals surface area contributed by atoms with E-state index in [4.69, 9.17) is 10.7 Å². The summed E-state index contributed by atoms with van der Waals surface area (Å²) in [4.78, 5) is 10.1. The summed E-state index contributed by atoms with van der Waals surface area (Å²) >= 11 is 0. The van der Waals surface area contributed by atoms with Crippen molar-refractivity contribution < 1.29 is 5.11 Å². The highest BCUT2D eigenvalue weighted by Crippen LogP contribution is 2.30. The first-order chi connectivity index (χ1) is 15.0. The van der Waals surface area contributed by atoms with Crippen LogP contribution in [0, 0.1) is 0 Å². The summed E-state index contributed by atoms with van der Waals surface area (Å²) in [6, 6.07) is 24.4. The zero-order valence-corrected chi connectivity index (χ0v) is 18.0. The smallest absolute Gasteiger partial charge is 0.198 e. The molecule has 31 heavy (non-hydrogen) atoms. The van der Waals surface area contributed by atoms with E-state index in [0.29, 0.717) is 11.3 Å². The molecule has 0 atom stereocenters. The number of hydrogen-bond acceptors (Lipinski definition) is 4. The second kappa shape index (κ2) is 9.06. The van der Waals surface area contributed by atoms with E-state index in [1.165, 1.54) is 11.1 Å². The van der Waals surface area contributed by atoms with E-state index < -0.39 is 0 Å². The van der Waals surface area contributed by atoms with Gasteiger partial charge in [-0.25, -0.2) is 0 Å². The molecule has 4 aromatic rings. The highest BCUT2D eigenvalue weighted by atomic mass is 16.3. The number of nitrogens with one attached hydrogen (secondary N) is 1. The lowest BCUT2D eigenvalue weighted by atomic mass is 10.1. The van der Waals surface area contributed by atoms with Crippen LogP contribution >= 0.6 is 0 Å². The Morgan fingerprint density at radius 1 is 0.968 bits per heavy atom. The van der Waals surface area contributed by atoms with Crippen molar-refractivity contribution in [2.45, 2.75) is 26.9 Å². The lowest BCUT2D eigenvalue weighted by Crippen LogP contribution is -2.22. The molecule has 0 aliphatic rings. The Bertz CT molecular complexity index is 1190. The number of aromatic hydroxyl groups is 1. The van der Waals surface area contributed by atoms with Gasteiger partial charge in [0.1, 0.15) is 0 Å². The van der Waals surface area contributed by atoms with Gasteiger partial charge in [-0.3, -0.25) is 9.89 Å². The van der Waals surface area contributed by atoms with Crippen molar-refractivity contribution in [2.24, 2.45) is 4.99 Å². The summed E-state index contributed by atoms with van der Waals surface area (Å²) < 4.78 is 0. The molecule has 3 aromatic carbocycles. The summed E-state index contributed by atoms with van der Waals surface area (Å²) in [5.41, 5.74) is 12.3. The number of fused-ring (bicyclic) bond motifs is 1. The van der Waals surface area contributed by atoms with Crippen LogP contribution in [0.4, 0.5) is 11.4 Å². The summed E-state index contributed by atoms with van der Waals surface area (Å²) in [6.07, 6.45) is 0. The van der Waals surface area contributed by atoms with Crippen LogP contribution in [-0.4, -0.2) is 27.2 Å². The maximum absolute atomic E-state index is 10.4. The zero-order valence-electron chi connectivity index (χ0n) is 18.0. The molecule has 5 heteroatoms. The Kier molecular flexibility index (Phi) is 6.05. The quantitative estimate of drug-likeness (QED) is 0.272. The Labute approximate surface area is 182 Å². The second-order valence-corrected chi connectivity index (χ2v) is 7.81. The van der Waals surface area contributed by atoms with E-state index in [0.717, 1.165) is 41.9 Å². The molecule has 0 bridgehead atoms. The number of nitrogen functional groups attached to an aromatic ring is 1. The Hall–Kier alpha value is -3.57. The third kappa shape index (κ3) is 4.78. The van der Waals surface area contributed by atoms with E-state index in [9.17, 15) is 5.11 Å². The number of nitrogens with two attached hydrogens (primary N) is 1. The normalized spacial score (nSPS) is 12.0. The van der Waals surface area contributed by atoms with E-state index in [1.54, 1.807) is 0 Å². The lowest BCUT2D eigenvalue weighted by Gasteiger charge is -2.20. The maximum atomic E-state index is 10.4. The molecule has 0 aliphatic heterocycles. The molecular formula is C26H28N4O. The molecule has 1 heterocycles. The van der Waals surface area contributed by atoms with Crippen LogP contribution in [-0.2, 0) is 13.1 Å². The number of rotatable bonds is 7. The Morgan fingerprint density at radius 2 is 1.65 bits per heavy atom. The Morgan fingerprint density at radius 3 is 2.32 bits per heavy atom. The molecule has 0 saturated heterocycles. The first kappa shape index (κ1) is 20.7. The maximum Gasteiger partial charge on any atom is 0.198 e. The van der Waals surface area contributed by atoms with Gasteiger partial charge in [0.15, 0.2) is 5.88 Å². The summed E-state index contributed by atoms with van der Waals surface area (Å²) in [6.45, 7) is 6.89. The predicted molar refractivity (Wildman–Crippen MR) is 129 cm³/mol. The van der Waals surface area contributed by atoms with Gasteiger partial charge in [0.05, 0.1) is 17.0 Å². The molecule has 0 fully saturated rings. The fourth-order valence-electron chi connectivity index (χ4n) is 3.87. The van der Waals surface area contributed by atoms with Crippen LogP contribution in [0.15, 0.2) is 77.8 Å². The number of aromatic nitrogens is 1. The first-order valence-corrected chi connectivity index (χ1v) is 10.5. The van der Waals surface area contributed by atoms with Gasteiger partial charge in [-0.15, -0.1) is 0 Å². The minimum Gasteiger partial charge on any atom is -0.494 e. The van der Waals surface area contributed by atoms with E-state index >= 15 is 0 Å². The Balaban J connectivity index is 1.51. The van der Waals surface area contributed by atoms with Crippen LogP contribution in [0.5, 0.6) is 5.88 Å². The summed E-state index contributed by atoms with van der Waals surface area (Å²) in [5, 5.41) is 11.3. The van der Waals surface area contributed by atoms with Gasteiger partial charge in [0, 0.05) is 29.7 Å². The third-order valence-electron chi connectivity index (χ3n) is 5.50. The fourth-order valence-corrected chi connectivity index (χ4v) is 3.87. The van der Waals surface area contributed by atoms with E-state index in [1.807, 2.05) is 43.3 Å². The number of H-pyrrole nitrogens is 1. The monoisotopic (exact) mass is 412 g/mol. The number of anilines is 1. The number of nitrogens with zero attached hydrogens (tertiary/aromatic N) is 2. The van der Waals surface area contributed by atoms with Crippen molar-refractivity contribution in [3.63, 3.8) is 0 Å². The third-order valence-corrected chi connectivity index (χ3v) is 5.50. The minimum absolute atomic E-state index is 0.109. The van der Waals surface area contributed by atoms with Gasteiger partial charge >= 0.3 is 0 Å². The number of aliphatic imine (C=N–C) groups is 1. The van der Waals surface area contributed by atoms with E-state index in [-0.39, 0.29) is 5.88 Å². The SMILES string of the molecule is CCN(Cc1ccccc1)Cc1ccc(N=C(C)c2c(O)[nH]c3ccc(N)cc23)cc1. The molecule has 0 radical (unpaired) electrons. The molecule has 0 amide bonds. The van der Waals surface area contributed by atoms with Gasteiger partial charge in [0.2, 0.25) is 0 Å². The standard InChI is InChI=1S/C26H28N4O/c1-3-30(16-19-7-5-4-6-8-19)17-20-9-12-22(13-10-20)28-18(2)25-23-15-21(27)11-14-24(23)29-26(25)31/h4-15,29,31H,3,16-17,27H2,1-2H3. The highest BCUT2D eigenvalue weighted by Gasteiger charge is 2.14. The minimum atomic E-state index is 0.109. The van der Waals surface area contributed by atoms with Crippen molar-refractivity contribution >= 4 is 28.0 Å². The van der Waals surface area contributed by atoms with Crippen molar-refractivity contribution in [1.29, 1.82) is 0 Å². The van der Waals surface area contributed by atoms with Crippen LogP contribution in [0.2, 0.25) is 0 Å². The zero-order chi connectivity index (χ0) is 21.8. The van der Waals surface area contributed by atoms with Gasteiger partial charge in [-0.05, 0) is 54.9 Å². The fraction of sp³-hybridized carbons (Fsp3) is 0.192.